The van der Waals surface area contributed by atoms with Crippen LogP contribution in [0.25, 0.3) is 0 Å². The Labute approximate surface area is 180 Å². The van der Waals surface area contributed by atoms with E-state index in [1.54, 1.807) is 0 Å². The third-order valence-electron chi connectivity index (χ3n) is 3.97. The fourth-order valence-corrected chi connectivity index (χ4v) is 3.19. The summed E-state index contributed by atoms with van der Waals surface area (Å²) < 4.78 is 12.6. The largest absolute Gasteiger partial charge is 0.490 e. The monoisotopic (exact) mass is 477 g/mol. The highest BCUT2D eigenvalue weighted by Crippen LogP contribution is 2.37. The van der Waals surface area contributed by atoms with Crippen LogP contribution >= 0.6 is 39.9 Å². The molecule has 0 amide bonds. The Bertz CT molecular complexity index is 694. The molecule has 0 aliphatic heterocycles. The van der Waals surface area contributed by atoms with Crippen molar-refractivity contribution in [2.24, 2.45) is 0 Å². The Balaban J connectivity index is 0.00000364. The van der Waals surface area contributed by atoms with Gasteiger partial charge in [-0.25, -0.2) is 0 Å². The van der Waals surface area contributed by atoms with E-state index in [0.29, 0.717) is 36.3 Å². The first-order valence-corrected chi connectivity index (χ1v) is 9.91. The zero-order valence-corrected chi connectivity index (χ0v) is 18.7. The predicted octanol–water partition coefficient (Wildman–Crippen LogP) is 5.36. The summed E-state index contributed by atoms with van der Waals surface area (Å²) in [4.78, 5) is 0. The fourth-order valence-electron chi connectivity index (χ4n) is 2.46. The van der Waals surface area contributed by atoms with E-state index in [2.05, 4.69) is 21.2 Å². The summed E-state index contributed by atoms with van der Waals surface area (Å²) in [6.07, 6.45) is 0.873. The molecule has 150 valence electrons. The van der Waals surface area contributed by atoms with Gasteiger partial charge >= 0.3 is 0 Å². The van der Waals surface area contributed by atoms with Gasteiger partial charge in [0.05, 0.1) is 17.7 Å². The Hall–Kier alpha value is -0.980. The number of aliphatic hydroxyl groups excluding tert-OH is 1. The third kappa shape index (κ3) is 7.51. The normalized spacial score (nSPS) is 11.6. The summed E-state index contributed by atoms with van der Waals surface area (Å²) in [5, 5.41) is 13.4. The zero-order chi connectivity index (χ0) is 18.9. The van der Waals surface area contributed by atoms with Gasteiger partial charge in [0.2, 0.25) is 0 Å². The second-order valence-corrected chi connectivity index (χ2v) is 7.21. The molecular weight excluding hydrogens is 453 g/mol. The molecule has 0 spiro atoms. The van der Waals surface area contributed by atoms with Crippen molar-refractivity contribution < 1.29 is 14.6 Å². The zero-order valence-electron chi connectivity index (χ0n) is 15.5. The van der Waals surface area contributed by atoms with Gasteiger partial charge in [-0.3, -0.25) is 0 Å². The summed E-state index contributed by atoms with van der Waals surface area (Å²) in [7, 11) is 0. The van der Waals surface area contributed by atoms with E-state index in [4.69, 9.17) is 21.1 Å². The Morgan fingerprint density at radius 3 is 2.41 bits per heavy atom. The Kier molecular flexibility index (Phi) is 11.1. The molecule has 0 aliphatic rings. The minimum absolute atomic E-state index is 0. The van der Waals surface area contributed by atoms with Gasteiger partial charge in [-0.1, -0.05) is 30.7 Å². The summed E-state index contributed by atoms with van der Waals surface area (Å²) in [5.74, 6) is 1.38. The van der Waals surface area contributed by atoms with Crippen molar-refractivity contribution in [3.63, 3.8) is 0 Å². The number of hydrogen-bond donors (Lipinski definition) is 2. The fraction of sp³-hybridized carbons (Fsp3) is 0.400. The lowest BCUT2D eigenvalue weighted by atomic mass is 10.1. The van der Waals surface area contributed by atoms with Crippen LogP contribution in [0.4, 0.5) is 0 Å². The first-order valence-electron chi connectivity index (χ1n) is 8.74. The van der Waals surface area contributed by atoms with Gasteiger partial charge in [0.25, 0.3) is 0 Å². The van der Waals surface area contributed by atoms with Crippen molar-refractivity contribution in [2.75, 3.05) is 13.2 Å². The van der Waals surface area contributed by atoms with E-state index in [9.17, 15) is 5.11 Å². The number of nitrogens with one attached hydrogen (secondary N) is 1. The molecule has 27 heavy (non-hydrogen) atoms. The molecule has 0 saturated heterocycles. The molecule has 0 heterocycles. The molecule has 7 heteroatoms. The van der Waals surface area contributed by atoms with Gasteiger partial charge in [-0.2, -0.15) is 0 Å². The second-order valence-electron chi connectivity index (χ2n) is 5.92. The smallest absolute Gasteiger partial charge is 0.175 e. The van der Waals surface area contributed by atoms with E-state index >= 15 is 0 Å². The molecule has 2 rings (SSSR count). The number of rotatable bonds is 10. The Morgan fingerprint density at radius 1 is 1.11 bits per heavy atom. The molecule has 0 bridgehead atoms. The predicted molar refractivity (Wildman–Crippen MR) is 116 cm³/mol. The molecule has 0 aliphatic carbocycles. The molecule has 0 saturated carbocycles. The number of halogens is 3. The van der Waals surface area contributed by atoms with E-state index in [1.165, 1.54) is 0 Å². The summed E-state index contributed by atoms with van der Waals surface area (Å²) in [6.45, 7) is 5.74. The molecule has 4 nitrogen and oxygen atoms in total. The molecular formula is C20H26BrCl2NO3. The molecule has 0 aromatic heterocycles. The lowest BCUT2D eigenvalue weighted by molar-refractivity contribution is 0.238. The van der Waals surface area contributed by atoms with Gasteiger partial charge in [-0.15, -0.1) is 12.4 Å². The van der Waals surface area contributed by atoms with Gasteiger partial charge in [0, 0.05) is 17.6 Å². The van der Waals surface area contributed by atoms with Crippen LogP contribution in [0, 0.1) is 0 Å². The maximum atomic E-state index is 9.31. The maximum Gasteiger partial charge on any atom is 0.175 e. The van der Waals surface area contributed by atoms with Crippen LogP contribution in [-0.4, -0.2) is 24.4 Å². The first kappa shape index (κ1) is 24.1. The van der Waals surface area contributed by atoms with Crippen LogP contribution in [0.15, 0.2) is 40.9 Å². The van der Waals surface area contributed by atoms with E-state index in [0.717, 1.165) is 22.0 Å². The van der Waals surface area contributed by atoms with Crippen LogP contribution in [-0.2, 0) is 13.2 Å². The van der Waals surface area contributed by atoms with E-state index in [-0.39, 0.29) is 25.1 Å². The molecule has 1 atom stereocenters. The number of aliphatic hydroxyl groups is 1. The topological polar surface area (TPSA) is 50.7 Å². The van der Waals surface area contributed by atoms with Crippen molar-refractivity contribution in [3.05, 3.63) is 57.0 Å². The quantitative estimate of drug-likeness (QED) is 0.482. The van der Waals surface area contributed by atoms with Crippen LogP contribution in [0.1, 0.15) is 31.4 Å². The first-order chi connectivity index (χ1) is 12.6. The van der Waals surface area contributed by atoms with Crippen LogP contribution in [0.5, 0.6) is 11.5 Å². The highest BCUT2D eigenvalue weighted by Gasteiger charge is 2.13. The Morgan fingerprint density at radius 2 is 1.81 bits per heavy atom. The lowest BCUT2D eigenvalue weighted by Gasteiger charge is -2.18. The van der Waals surface area contributed by atoms with Crippen LogP contribution < -0.4 is 14.8 Å². The van der Waals surface area contributed by atoms with Crippen molar-refractivity contribution in [1.29, 1.82) is 0 Å². The molecule has 1 unspecified atom stereocenters. The molecule has 2 aromatic rings. The maximum absolute atomic E-state index is 9.31. The SMILES string of the molecule is CCOc1cc(CNC(CC)CO)cc(Br)c1OCc1ccc(Cl)cc1.Cl. The minimum Gasteiger partial charge on any atom is -0.490 e. The average Bonchev–Trinajstić information content (AvgIpc) is 2.63. The van der Waals surface area contributed by atoms with Gasteiger partial charge in [0.15, 0.2) is 11.5 Å². The molecule has 0 fully saturated rings. The second kappa shape index (κ2) is 12.5. The van der Waals surface area contributed by atoms with Crippen molar-refractivity contribution in [3.8, 4) is 11.5 Å². The third-order valence-corrected chi connectivity index (χ3v) is 4.81. The van der Waals surface area contributed by atoms with Crippen molar-refractivity contribution in [2.45, 2.75) is 39.5 Å². The van der Waals surface area contributed by atoms with Crippen molar-refractivity contribution >= 4 is 39.9 Å². The molecule has 2 aromatic carbocycles. The molecule has 2 N–H and O–H groups in total. The minimum atomic E-state index is 0. The van der Waals surface area contributed by atoms with Crippen LogP contribution in [0.2, 0.25) is 5.02 Å². The van der Waals surface area contributed by atoms with Gasteiger partial charge in [0.1, 0.15) is 6.61 Å². The van der Waals surface area contributed by atoms with Crippen molar-refractivity contribution in [1.82, 2.24) is 5.32 Å². The summed E-state index contributed by atoms with van der Waals surface area (Å²) in [5.41, 5.74) is 2.09. The number of hydrogen-bond acceptors (Lipinski definition) is 4. The molecule has 0 radical (unpaired) electrons. The number of benzene rings is 2. The van der Waals surface area contributed by atoms with E-state index < -0.39 is 0 Å². The highest BCUT2D eigenvalue weighted by atomic mass is 79.9. The highest BCUT2D eigenvalue weighted by molar-refractivity contribution is 9.10. The summed E-state index contributed by atoms with van der Waals surface area (Å²) >= 11 is 9.51. The summed E-state index contributed by atoms with van der Waals surface area (Å²) in [6, 6.07) is 11.6. The number of ether oxygens (including phenoxy) is 2. The van der Waals surface area contributed by atoms with Crippen LogP contribution in [0.3, 0.4) is 0 Å². The van der Waals surface area contributed by atoms with Gasteiger partial charge < -0.3 is 19.9 Å². The average molecular weight is 479 g/mol. The van der Waals surface area contributed by atoms with E-state index in [1.807, 2.05) is 50.2 Å². The standard InChI is InChI=1S/C20H25BrClNO3.ClH/c1-3-17(12-24)23-11-15-9-18(21)20(19(10-15)25-4-2)26-13-14-5-7-16(22)8-6-14;/h5-10,17,23-24H,3-4,11-13H2,1-2H3;1H. The van der Waals surface area contributed by atoms with Gasteiger partial charge in [-0.05, 0) is 64.7 Å². The lowest BCUT2D eigenvalue weighted by Crippen LogP contribution is -2.31.